The summed E-state index contributed by atoms with van der Waals surface area (Å²) in [7, 11) is -7.69. The average Bonchev–Trinajstić information content (AvgIpc) is 3.12. The first-order valence-electron chi connectivity index (χ1n) is 10.3. The first-order valence-corrected chi connectivity index (χ1v) is 14.7. The molecule has 2 N–H and O–H groups in total. The number of hydrogen-bond acceptors (Lipinski definition) is 8. The maximum atomic E-state index is 12.6. The molecule has 3 aromatic rings. The normalized spacial score (nSPS) is 12.7. The van der Waals surface area contributed by atoms with Crippen LogP contribution in [0.3, 0.4) is 0 Å². The van der Waals surface area contributed by atoms with Crippen LogP contribution in [0.15, 0.2) is 57.2 Å². The van der Waals surface area contributed by atoms with E-state index in [1.54, 1.807) is 11.5 Å². The van der Waals surface area contributed by atoms with Crippen LogP contribution in [0.2, 0.25) is 5.02 Å². The molecule has 0 saturated heterocycles. The molecule has 0 bridgehead atoms. The van der Waals surface area contributed by atoms with Crippen molar-refractivity contribution >= 4 is 64.9 Å². The summed E-state index contributed by atoms with van der Waals surface area (Å²) in [6, 6.07) is 9.78. The summed E-state index contributed by atoms with van der Waals surface area (Å²) in [5.41, 5.74) is 0.534. The number of halogens is 1. The Hall–Kier alpha value is -2.58. The van der Waals surface area contributed by atoms with Gasteiger partial charge in [-0.15, -0.1) is 0 Å². The van der Waals surface area contributed by atoms with E-state index in [1.807, 2.05) is 0 Å². The lowest BCUT2D eigenvalue weighted by Crippen LogP contribution is -2.20. The molecule has 1 heterocycles. The molecule has 1 aromatic heterocycles. The number of nitrogens with zero attached hydrogens (tertiary/aromatic N) is 2. The van der Waals surface area contributed by atoms with Crippen LogP contribution in [0.1, 0.15) is 19.8 Å². The number of ether oxygens (including phenoxy) is 1. The fourth-order valence-electron chi connectivity index (χ4n) is 3.11. The van der Waals surface area contributed by atoms with Gasteiger partial charge in [0.25, 0.3) is 0 Å². The van der Waals surface area contributed by atoms with E-state index in [0.29, 0.717) is 15.2 Å². The highest BCUT2D eigenvalue weighted by Gasteiger charge is 2.18. The van der Waals surface area contributed by atoms with Gasteiger partial charge in [0, 0.05) is 18.0 Å². The topological polar surface area (TPSA) is 155 Å². The lowest BCUT2D eigenvalue weighted by atomic mass is 10.3. The van der Waals surface area contributed by atoms with E-state index in [4.69, 9.17) is 21.5 Å². The fourth-order valence-corrected chi connectivity index (χ4v) is 6.20. The molecule has 10 nitrogen and oxygen atoms in total. The second-order valence-corrected chi connectivity index (χ2v) is 12.4. The lowest BCUT2D eigenvalue weighted by Gasteiger charge is -2.06. The van der Waals surface area contributed by atoms with Gasteiger partial charge in [0.15, 0.2) is 14.6 Å². The lowest BCUT2D eigenvalue weighted by molar-refractivity contribution is -0.143. The molecule has 0 saturated carbocycles. The predicted octanol–water partition coefficient (Wildman–Crippen LogP) is 2.25. The molecule has 0 atom stereocenters. The molecule has 0 spiro atoms. The number of fused-ring (bicyclic) bond motifs is 1. The summed E-state index contributed by atoms with van der Waals surface area (Å²) in [5.74, 6) is -1.60. The minimum atomic E-state index is -3.96. The van der Waals surface area contributed by atoms with Crippen LogP contribution < -0.4 is 9.94 Å². The number of primary sulfonamides is 1. The molecule has 3 rings (SSSR count). The molecule has 0 aliphatic heterocycles. The fraction of sp³-hybridized carbons (Fsp3) is 0.286. The van der Waals surface area contributed by atoms with Crippen LogP contribution in [0.5, 0.6) is 0 Å². The van der Waals surface area contributed by atoms with Crippen LogP contribution in [-0.4, -0.2) is 45.6 Å². The quantitative estimate of drug-likeness (QED) is 0.394. The van der Waals surface area contributed by atoms with Gasteiger partial charge in [-0.25, -0.2) is 22.0 Å². The number of esters is 1. The number of amides is 1. The summed E-state index contributed by atoms with van der Waals surface area (Å²) in [6.45, 7) is 2.00. The number of hydrogen-bond donors (Lipinski definition) is 1. The van der Waals surface area contributed by atoms with Crippen molar-refractivity contribution in [1.29, 1.82) is 0 Å². The van der Waals surface area contributed by atoms with Gasteiger partial charge >= 0.3 is 5.97 Å². The van der Waals surface area contributed by atoms with Gasteiger partial charge in [-0.1, -0.05) is 22.9 Å². The standard InChI is InChI=1S/C21H22ClN3O7S3/c1-2-32-20(27)9-11-25-17-8-7-16(35(23,30)31)13-18(17)33-21(25)24-19(26)10-12-34(28,29)15-5-3-14(22)4-6-15/h3-8,13H,2,9-12H2,1H3,(H2,23,30,31). The van der Waals surface area contributed by atoms with E-state index in [1.165, 1.54) is 42.5 Å². The Balaban J connectivity index is 1.92. The van der Waals surface area contributed by atoms with Crippen LogP contribution in [0.25, 0.3) is 10.2 Å². The molecule has 0 radical (unpaired) electrons. The molecule has 35 heavy (non-hydrogen) atoms. The Morgan fingerprint density at radius 2 is 1.71 bits per heavy atom. The number of sulfonamides is 1. The Morgan fingerprint density at radius 1 is 1.06 bits per heavy atom. The number of carbonyl (C=O) groups excluding carboxylic acids is 2. The van der Waals surface area contributed by atoms with Gasteiger partial charge in [-0.2, -0.15) is 4.99 Å². The maximum Gasteiger partial charge on any atom is 0.307 e. The predicted molar refractivity (Wildman–Crippen MR) is 131 cm³/mol. The number of thiazole rings is 1. The third-order valence-electron chi connectivity index (χ3n) is 4.81. The first kappa shape index (κ1) is 27.0. The molecule has 1 amide bonds. The number of benzene rings is 2. The van der Waals surface area contributed by atoms with Gasteiger partial charge < -0.3 is 9.30 Å². The molecule has 188 valence electrons. The van der Waals surface area contributed by atoms with Crippen molar-refractivity contribution in [2.45, 2.75) is 36.1 Å². The molecule has 2 aromatic carbocycles. The zero-order valence-electron chi connectivity index (χ0n) is 18.5. The van der Waals surface area contributed by atoms with Crippen molar-refractivity contribution in [1.82, 2.24) is 4.57 Å². The summed E-state index contributed by atoms with van der Waals surface area (Å²) < 4.78 is 55.5. The zero-order chi connectivity index (χ0) is 25.8. The largest absolute Gasteiger partial charge is 0.466 e. The van der Waals surface area contributed by atoms with Crippen LogP contribution in [0, 0.1) is 0 Å². The highest BCUT2D eigenvalue weighted by Crippen LogP contribution is 2.22. The van der Waals surface area contributed by atoms with Crippen molar-refractivity contribution in [3.05, 3.63) is 52.3 Å². The third-order valence-corrected chi connectivity index (χ3v) is 8.74. The second kappa shape index (κ2) is 11.0. The molecule has 0 aliphatic carbocycles. The van der Waals surface area contributed by atoms with Crippen molar-refractivity contribution in [2.75, 3.05) is 12.4 Å². The summed E-state index contributed by atoms with van der Waals surface area (Å²) >= 11 is 6.81. The van der Waals surface area contributed by atoms with E-state index in [9.17, 15) is 26.4 Å². The molecular weight excluding hydrogens is 538 g/mol. The highest BCUT2D eigenvalue weighted by molar-refractivity contribution is 7.91. The average molecular weight is 560 g/mol. The number of rotatable bonds is 9. The first-order chi connectivity index (χ1) is 16.4. The Kier molecular flexibility index (Phi) is 8.49. The molecule has 0 fully saturated rings. The van der Waals surface area contributed by atoms with Gasteiger partial charge in [0.1, 0.15) is 0 Å². The highest BCUT2D eigenvalue weighted by atomic mass is 35.5. The molecule has 14 heteroatoms. The third kappa shape index (κ3) is 6.98. The maximum absolute atomic E-state index is 12.6. The monoisotopic (exact) mass is 559 g/mol. The Labute approximate surface area is 211 Å². The van der Waals surface area contributed by atoms with Crippen molar-refractivity contribution < 1.29 is 31.2 Å². The molecule has 0 aliphatic rings. The van der Waals surface area contributed by atoms with Crippen LogP contribution in [-0.2, 0) is 40.7 Å². The number of carbonyl (C=O) groups is 2. The van der Waals surface area contributed by atoms with E-state index >= 15 is 0 Å². The number of nitrogens with two attached hydrogens (primary N) is 1. The number of sulfone groups is 1. The molecular formula is C21H22ClN3O7S3. The number of aryl methyl sites for hydroxylation is 1. The smallest absolute Gasteiger partial charge is 0.307 e. The number of aromatic nitrogens is 1. The van der Waals surface area contributed by atoms with Gasteiger partial charge in [-0.05, 0) is 49.4 Å². The summed E-state index contributed by atoms with van der Waals surface area (Å²) in [6.07, 6.45) is -0.386. The van der Waals surface area contributed by atoms with Gasteiger partial charge in [0.2, 0.25) is 15.9 Å². The van der Waals surface area contributed by atoms with Crippen molar-refractivity contribution in [2.24, 2.45) is 10.1 Å². The SMILES string of the molecule is CCOC(=O)CCn1c(=NC(=O)CCS(=O)(=O)c2ccc(Cl)cc2)sc2cc(S(N)(=O)=O)ccc21. The minimum absolute atomic E-state index is 0.0110. The van der Waals surface area contributed by atoms with Crippen LogP contribution in [0.4, 0.5) is 0 Å². The van der Waals surface area contributed by atoms with Crippen LogP contribution >= 0.6 is 22.9 Å². The van der Waals surface area contributed by atoms with Crippen molar-refractivity contribution in [3.8, 4) is 0 Å². The van der Waals surface area contributed by atoms with E-state index in [0.717, 1.165) is 11.3 Å². The van der Waals surface area contributed by atoms with E-state index in [-0.39, 0.29) is 40.6 Å². The van der Waals surface area contributed by atoms with Crippen molar-refractivity contribution in [3.63, 3.8) is 0 Å². The minimum Gasteiger partial charge on any atom is -0.466 e. The Morgan fingerprint density at radius 3 is 2.34 bits per heavy atom. The zero-order valence-corrected chi connectivity index (χ0v) is 21.7. The summed E-state index contributed by atoms with van der Waals surface area (Å²) in [4.78, 5) is 28.6. The van der Waals surface area contributed by atoms with E-state index in [2.05, 4.69) is 4.99 Å². The van der Waals surface area contributed by atoms with Gasteiger partial charge in [-0.3, -0.25) is 9.59 Å². The van der Waals surface area contributed by atoms with Gasteiger partial charge in [0.05, 0.1) is 38.8 Å². The molecule has 0 unspecified atom stereocenters. The second-order valence-electron chi connectivity index (χ2n) is 7.29. The summed E-state index contributed by atoms with van der Waals surface area (Å²) in [5, 5.41) is 5.60. The van der Waals surface area contributed by atoms with E-state index < -0.39 is 37.5 Å². The Bertz CT molecular complexity index is 1540.